The van der Waals surface area contributed by atoms with Crippen LogP contribution in [0.5, 0.6) is 0 Å². The molecule has 0 N–H and O–H groups in total. The van der Waals surface area contributed by atoms with E-state index in [0.29, 0.717) is 0 Å². The molecule has 0 radical (unpaired) electrons. The minimum atomic E-state index is 0.824. The molecule has 1 saturated carbocycles. The van der Waals surface area contributed by atoms with Crippen LogP contribution in [-0.2, 0) is 13.0 Å². The first-order chi connectivity index (χ1) is 7.84. The Morgan fingerprint density at radius 2 is 2.00 bits per heavy atom. The van der Waals surface area contributed by atoms with Crippen molar-refractivity contribution >= 4 is 11.6 Å². The summed E-state index contributed by atoms with van der Waals surface area (Å²) in [5.74, 6) is 0. The largest absolute Gasteiger partial charge is 0.296 e. The highest BCUT2D eigenvalue weighted by Crippen LogP contribution is 2.31. The molecular weight excluding hydrogens is 218 g/mol. The van der Waals surface area contributed by atoms with Crippen LogP contribution in [0.3, 0.4) is 0 Å². The van der Waals surface area contributed by atoms with Gasteiger partial charge in [0, 0.05) is 24.2 Å². The number of hydrogen-bond donors (Lipinski definition) is 0. The van der Waals surface area contributed by atoms with E-state index in [1.807, 2.05) is 6.07 Å². The molecule has 1 heterocycles. The van der Waals surface area contributed by atoms with E-state index in [1.54, 1.807) is 0 Å². The summed E-state index contributed by atoms with van der Waals surface area (Å²) in [5, 5.41) is 0.959. The Kier molecular flexibility index (Phi) is 2.91. The lowest BCUT2D eigenvalue weighted by molar-refractivity contribution is 0.181. The fraction of sp³-hybridized carbons (Fsp3) is 0.571. The number of benzene rings is 1. The fourth-order valence-electron chi connectivity index (χ4n) is 3.14. The Hall–Kier alpha value is -0.530. The van der Waals surface area contributed by atoms with Gasteiger partial charge in [-0.1, -0.05) is 36.6 Å². The summed E-state index contributed by atoms with van der Waals surface area (Å²) in [6, 6.07) is 7.16. The molecule has 16 heavy (non-hydrogen) atoms. The van der Waals surface area contributed by atoms with Crippen LogP contribution in [0.4, 0.5) is 0 Å². The molecule has 0 atom stereocenters. The molecule has 86 valence electrons. The second-order valence-corrected chi connectivity index (χ2v) is 5.44. The van der Waals surface area contributed by atoms with Gasteiger partial charge in [-0.25, -0.2) is 0 Å². The zero-order chi connectivity index (χ0) is 11.0. The monoisotopic (exact) mass is 235 g/mol. The number of nitrogens with zero attached hydrogens (tertiary/aromatic N) is 1. The van der Waals surface area contributed by atoms with E-state index in [2.05, 4.69) is 17.0 Å². The van der Waals surface area contributed by atoms with Crippen molar-refractivity contribution in [3.05, 3.63) is 34.3 Å². The van der Waals surface area contributed by atoms with Crippen molar-refractivity contribution in [2.24, 2.45) is 0 Å². The molecule has 0 spiro atoms. The van der Waals surface area contributed by atoms with Crippen molar-refractivity contribution in [2.45, 2.75) is 44.7 Å². The number of fused-ring (bicyclic) bond motifs is 1. The van der Waals surface area contributed by atoms with Crippen molar-refractivity contribution in [1.82, 2.24) is 4.90 Å². The molecule has 1 aliphatic heterocycles. The van der Waals surface area contributed by atoms with Gasteiger partial charge in [0.15, 0.2) is 0 Å². The molecule has 1 aromatic carbocycles. The van der Waals surface area contributed by atoms with Crippen molar-refractivity contribution < 1.29 is 0 Å². The molecule has 1 nitrogen and oxygen atoms in total. The maximum Gasteiger partial charge on any atom is 0.0453 e. The molecule has 0 saturated heterocycles. The van der Waals surface area contributed by atoms with Gasteiger partial charge in [0.1, 0.15) is 0 Å². The maximum absolute atomic E-state index is 6.29. The van der Waals surface area contributed by atoms with Crippen molar-refractivity contribution in [1.29, 1.82) is 0 Å². The first kappa shape index (κ1) is 10.6. The SMILES string of the molecule is Clc1cccc2c1CN(C1CCCC1)CC2. The molecule has 0 aromatic heterocycles. The average molecular weight is 236 g/mol. The Morgan fingerprint density at radius 3 is 2.81 bits per heavy atom. The minimum absolute atomic E-state index is 0.824. The van der Waals surface area contributed by atoms with Gasteiger partial charge in [-0.15, -0.1) is 0 Å². The van der Waals surface area contributed by atoms with Gasteiger partial charge in [0.25, 0.3) is 0 Å². The lowest BCUT2D eigenvalue weighted by atomic mass is 9.98. The zero-order valence-corrected chi connectivity index (χ0v) is 10.3. The van der Waals surface area contributed by atoms with Crippen LogP contribution in [0.25, 0.3) is 0 Å². The highest BCUT2D eigenvalue weighted by molar-refractivity contribution is 6.31. The quantitative estimate of drug-likeness (QED) is 0.719. The second kappa shape index (κ2) is 4.38. The van der Waals surface area contributed by atoms with Gasteiger partial charge >= 0.3 is 0 Å². The zero-order valence-electron chi connectivity index (χ0n) is 9.58. The van der Waals surface area contributed by atoms with Crippen molar-refractivity contribution in [2.75, 3.05) is 6.54 Å². The lowest BCUT2D eigenvalue weighted by Gasteiger charge is -2.34. The van der Waals surface area contributed by atoms with Crippen LogP contribution < -0.4 is 0 Å². The van der Waals surface area contributed by atoms with E-state index in [0.717, 1.165) is 17.6 Å². The van der Waals surface area contributed by atoms with Gasteiger partial charge in [-0.05, 0) is 36.5 Å². The topological polar surface area (TPSA) is 3.24 Å². The highest BCUT2D eigenvalue weighted by atomic mass is 35.5. The third kappa shape index (κ3) is 1.87. The molecule has 0 bridgehead atoms. The second-order valence-electron chi connectivity index (χ2n) is 5.04. The highest BCUT2D eigenvalue weighted by Gasteiger charge is 2.26. The van der Waals surface area contributed by atoms with E-state index >= 15 is 0 Å². The van der Waals surface area contributed by atoms with E-state index in [1.165, 1.54) is 49.8 Å². The van der Waals surface area contributed by atoms with Crippen molar-refractivity contribution in [3.63, 3.8) is 0 Å². The maximum atomic E-state index is 6.29. The summed E-state index contributed by atoms with van der Waals surface area (Å²) in [4.78, 5) is 2.64. The van der Waals surface area contributed by atoms with Crippen molar-refractivity contribution in [3.8, 4) is 0 Å². The van der Waals surface area contributed by atoms with Gasteiger partial charge < -0.3 is 0 Å². The third-order valence-corrected chi connectivity index (χ3v) is 4.44. The van der Waals surface area contributed by atoms with Gasteiger partial charge in [0.05, 0.1) is 0 Å². The predicted molar refractivity (Wildman–Crippen MR) is 67.8 cm³/mol. The van der Waals surface area contributed by atoms with Crippen LogP contribution in [0.2, 0.25) is 5.02 Å². The fourth-order valence-corrected chi connectivity index (χ4v) is 3.40. The normalized spacial score (nSPS) is 22.3. The summed E-state index contributed by atoms with van der Waals surface area (Å²) in [6.07, 6.45) is 6.78. The molecule has 0 amide bonds. The molecule has 1 fully saturated rings. The minimum Gasteiger partial charge on any atom is -0.296 e. The number of halogens is 1. The Morgan fingerprint density at radius 1 is 1.19 bits per heavy atom. The summed E-state index contributed by atoms with van der Waals surface area (Å²) >= 11 is 6.29. The Labute approximate surface area is 102 Å². The molecule has 2 aliphatic rings. The Balaban J connectivity index is 1.82. The molecule has 2 heteroatoms. The lowest BCUT2D eigenvalue weighted by Crippen LogP contribution is -2.37. The van der Waals surface area contributed by atoms with Gasteiger partial charge in [-0.2, -0.15) is 0 Å². The first-order valence-electron chi connectivity index (χ1n) is 6.35. The van der Waals surface area contributed by atoms with E-state index in [9.17, 15) is 0 Å². The summed E-state index contributed by atoms with van der Waals surface area (Å²) in [6.45, 7) is 2.29. The first-order valence-corrected chi connectivity index (χ1v) is 6.73. The van der Waals surface area contributed by atoms with Crippen LogP contribution in [0.15, 0.2) is 18.2 Å². The summed E-state index contributed by atoms with van der Waals surface area (Å²) < 4.78 is 0. The number of rotatable bonds is 1. The van der Waals surface area contributed by atoms with Crippen LogP contribution in [-0.4, -0.2) is 17.5 Å². The smallest absolute Gasteiger partial charge is 0.0453 e. The van der Waals surface area contributed by atoms with E-state index < -0.39 is 0 Å². The molecular formula is C14H18ClN. The molecule has 0 unspecified atom stereocenters. The van der Waals surface area contributed by atoms with Crippen LogP contribution in [0, 0.1) is 0 Å². The summed E-state index contributed by atoms with van der Waals surface area (Å²) in [7, 11) is 0. The molecule has 3 rings (SSSR count). The standard InChI is InChI=1S/C14H18ClN/c15-14-7-3-4-11-8-9-16(10-13(11)14)12-5-1-2-6-12/h3-4,7,12H,1-2,5-6,8-10H2. The average Bonchev–Trinajstić information content (AvgIpc) is 2.83. The van der Waals surface area contributed by atoms with Crippen LogP contribution in [0.1, 0.15) is 36.8 Å². The predicted octanol–water partition coefficient (Wildman–Crippen LogP) is 3.64. The number of hydrogen-bond acceptors (Lipinski definition) is 1. The van der Waals surface area contributed by atoms with Gasteiger partial charge in [-0.3, -0.25) is 4.90 Å². The summed E-state index contributed by atoms with van der Waals surface area (Å²) in [5.41, 5.74) is 2.84. The van der Waals surface area contributed by atoms with Gasteiger partial charge in [0.2, 0.25) is 0 Å². The van der Waals surface area contributed by atoms with Crippen LogP contribution >= 0.6 is 11.6 Å². The molecule has 1 aliphatic carbocycles. The van der Waals surface area contributed by atoms with E-state index in [4.69, 9.17) is 11.6 Å². The third-order valence-electron chi connectivity index (χ3n) is 4.09. The van der Waals surface area contributed by atoms with E-state index in [-0.39, 0.29) is 0 Å². The molecule has 1 aromatic rings. The Bertz CT molecular complexity index is 382.